The molecular weight excluding hydrogens is 429 g/mol. The number of hydrogen-bond acceptors (Lipinski definition) is 7. The number of ether oxygens (including phenoxy) is 2. The third-order valence-electron chi connectivity index (χ3n) is 4.93. The van der Waals surface area contributed by atoms with Crippen LogP contribution in [0.2, 0.25) is 0 Å². The molecule has 0 fully saturated rings. The van der Waals surface area contributed by atoms with Crippen molar-refractivity contribution in [3.8, 4) is 23.0 Å². The summed E-state index contributed by atoms with van der Waals surface area (Å²) in [5.74, 6) is 0.830. The van der Waals surface area contributed by atoms with Crippen molar-refractivity contribution in [3.63, 3.8) is 0 Å². The number of aromatic nitrogens is 4. The molecule has 33 heavy (non-hydrogen) atoms. The molecule has 0 aliphatic heterocycles. The second-order valence-electron chi connectivity index (χ2n) is 7.07. The van der Waals surface area contributed by atoms with Gasteiger partial charge >= 0.3 is 0 Å². The lowest BCUT2D eigenvalue weighted by molar-refractivity contribution is 0.0921. The molecule has 0 atom stereocenters. The normalized spacial score (nSPS) is 11.1. The highest BCUT2D eigenvalue weighted by atomic mass is 19.1. The molecule has 10 heteroatoms. The molecule has 1 N–H and O–H groups in total. The Bertz CT molecular complexity index is 1440. The zero-order valence-electron chi connectivity index (χ0n) is 17.5. The zero-order valence-corrected chi connectivity index (χ0v) is 17.5. The first-order valence-corrected chi connectivity index (χ1v) is 10.1. The van der Waals surface area contributed by atoms with Crippen molar-refractivity contribution in [2.75, 3.05) is 20.3 Å². The maximum absolute atomic E-state index is 13.2. The van der Waals surface area contributed by atoms with E-state index in [0.717, 1.165) is 5.39 Å². The van der Waals surface area contributed by atoms with Crippen molar-refractivity contribution in [3.05, 3.63) is 72.2 Å². The number of hydrogen-bond donors (Lipinski definition) is 1. The first-order chi connectivity index (χ1) is 16.1. The average molecular weight is 447 g/mol. The van der Waals surface area contributed by atoms with Crippen LogP contribution in [0, 0.1) is 5.82 Å². The number of amides is 1. The van der Waals surface area contributed by atoms with E-state index >= 15 is 0 Å². The Kier molecular flexibility index (Phi) is 5.31. The maximum Gasteiger partial charge on any atom is 0.287 e. The van der Waals surface area contributed by atoms with Crippen LogP contribution in [0.15, 0.2) is 65.1 Å². The van der Waals surface area contributed by atoms with Crippen LogP contribution in [0.25, 0.3) is 28.0 Å². The molecular formula is C23H18FN5O4. The van der Waals surface area contributed by atoms with Crippen LogP contribution in [0.4, 0.5) is 4.39 Å². The zero-order chi connectivity index (χ0) is 22.8. The lowest BCUT2D eigenvalue weighted by Gasteiger charge is -2.07. The van der Waals surface area contributed by atoms with E-state index < -0.39 is 0 Å². The third kappa shape index (κ3) is 4.05. The third-order valence-corrected chi connectivity index (χ3v) is 4.93. The van der Waals surface area contributed by atoms with Crippen molar-refractivity contribution in [2.45, 2.75) is 0 Å². The molecule has 5 aromatic rings. The van der Waals surface area contributed by atoms with Gasteiger partial charge in [-0.15, -0.1) is 15.3 Å². The second-order valence-corrected chi connectivity index (χ2v) is 7.07. The molecule has 0 radical (unpaired) electrons. The fraction of sp³-hybridized carbons (Fsp3) is 0.130. The van der Waals surface area contributed by atoms with Crippen molar-refractivity contribution in [1.82, 2.24) is 25.1 Å². The molecule has 9 nitrogen and oxygen atoms in total. The van der Waals surface area contributed by atoms with Crippen LogP contribution in [0.3, 0.4) is 0 Å². The van der Waals surface area contributed by atoms with Crippen LogP contribution >= 0.6 is 0 Å². The summed E-state index contributed by atoms with van der Waals surface area (Å²) in [5, 5.41) is 16.1. The standard InChI is InChI=1S/C23H18FN5O4/c1-31-17-4-2-3-15-13-18(33-21(15)17)23(30)25-11-12-32-20-10-9-19-26-27-22(29(19)28-20)14-5-7-16(24)8-6-14/h2-10,13H,11-12H2,1H3,(H,25,30). The van der Waals surface area contributed by atoms with Crippen LogP contribution in [-0.4, -0.2) is 46.0 Å². The van der Waals surface area contributed by atoms with Crippen LogP contribution in [0.5, 0.6) is 11.6 Å². The van der Waals surface area contributed by atoms with Gasteiger partial charge in [-0.25, -0.2) is 4.39 Å². The van der Waals surface area contributed by atoms with Gasteiger partial charge in [-0.3, -0.25) is 4.79 Å². The van der Waals surface area contributed by atoms with E-state index in [1.54, 1.807) is 43.5 Å². The van der Waals surface area contributed by atoms with E-state index in [1.165, 1.54) is 16.6 Å². The van der Waals surface area contributed by atoms with Crippen LogP contribution in [-0.2, 0) is 0 Å². The fourth-order valence-corrected chi connectivity index (χ4v) is 3.34. The van der Waals surface area contributed by atoms with Crippen molar-refractivity contribution >= 4 is 22.5 Å². The number of rotatable bonds is 7. The predicted octanol–water partition coefficient (Wildman–Crippen LogP) is 3.49. The average Bonchev–Trinajstić information content (AvgIpc) is 3.46. The van der Waals surface area contributed by atoms with Gasteiger partial charge in [0, 0.05) is 17.0 Å². The minimum Gasteiger partial charge on any atom is -0.493 e. The van der Waals surface area contributed by atoms with Crippen molar-refractivity contribution in [2.24, 2.45) is 0 Å². The quantitative estimate of drug-likeness (QED) is 0.381. The molecule has 0 aliphatic rings. The smallest absolute Gasteiger partial charge is 0.287 e. The van der Waals surface area contributed by atoms with Crippen LogP contribution < -0.4 is 14.8 Å². The van der Waals surface area contributed by atoms with Gasteiger partial charge in [0.25, 0.3) is 5.91 Å². The van der Waals surface area contributed by atoms with Crippen LogP contribution in [0.1, 0.15) is 10.6 Å². The number of fused-ring (bicyclic) bond motifs is 2. The minimum atomic E-state index is -0.363. The molecule has 1 amide bonds. The largest absolute Gasteiger partial charge is 0.493 e. The fourth-order valence-electron chi connectivity index (χ4n) is 3.34. The second kappa shape index (κ2) is 8.58. The number of carbonyl (C=O) groups excluding carboxylic acids is 1. The molecule has 5 rings (SSSR count). The van der Waals surface area contributed by atoms with Gasteiger partial charge in [-0.05, 0) is 42.5 Å². The van der Waals surface area contributed by atoms with E-state index in [9.17, 15) is 9.18 Å². The highest BCUT2D eigenvalue weighted by Gasteiger charge is 2.15. The Morgan fingerprint density at radius 2 is 1.97 bits per heavy atom. The number of benzene rings is 2. The summed E-state index contributed by atoms with van der Waals surface area (Å²) in [6.45, 7) is 0.418. The van der Waals surface area contributed by atoms with E-state index in [4.69, 9.17) is 13.9 Å². The number of nitrogens with one attached hydrogen (secondary N) is 1. The Balaban J connectivity index is 1.23. The van der Waals surface area contributed by atoms with Crippen molar-refractivity contribution in [1.29, 1.82) is 0 Å². The molecule has 0 bridgehead atoms. The van der Waals surface area contributed by atoms with E-state index in [-0.39, 0.29) is 30.6 Å². The molecule has 2 aromatic carbocycles. The monoisotopic (exact) mass is 447 g/mol. The Hall–Kier alpha value is -4.47. The van der Waals surface area contributed by atoms with Gasteiger partial charge in [-0.2, -0.15) is 4.52 Å². The summed E-state index contributed by atoms with van der Waals surface area (Å²) in [6, 6.07) is 16.4. The molecule has 0 spiro atoms. The van der Waals surface area contributed by atoms with Gasteiger partial charge in [0.05, 0.1) is 13.7 Å². The summed E-state index contributed by atoms with van der Waals surface area (Å²) in [7, 11) is 1.54. The highest BCUT2D eigenvalue weighted by Crippen LogP contribution is 2.28. The topological polar surface area (TPSA) is 104 Å². The highest BCUT2D eigenvalue weighted by molar-refractivity contribution is 5.97. The van der Waals surface area contributed by atoms with Gasteiger partial charge in [0.15, 0.2) is 28.6 Å². The SMILES string of the molecule is COc1cccc2cc(C(=O)NCCOc3ccc4nnc(-c5ccc(F)cc5)n4n3)oc12. The first kappa shape index (κ1) is 20.4. The molecule has 0 unspecified atom stereocenters. The van der Waals surface area contributed by atoms with E-state index in [0.29, 0.717) is 34.2 Å². The number of methoxy groups -OCH3 is 1. The summed E-state index contributed by atoms with van der Waals surface area (Å²) in [5.41, 5.74) is 1.71. The van der Waals surface area contributed by atoms with Gasteiger partial charge in [0.1, 0.15) is 12.4 Å². The number of nitrogens with zero attached hydrogens (tertiary/aromatic N) is 4. The number of carbonyl (C=O) groups is 1. The minimum absolute atomic E-state index is 0.182. The predicted molar refractivity (Wildman–Crippen MR) is 117 cm³/mol. The van der Waals surface area contributed by atoms with Gasteiger partial charge in [-0.1, -0.05) is 12.1 Å². The molecule has 3 heterocycles. The summed E-state index contributed by atoms with van der Waals surface area (Å²) < 4.78 is 31.3. The lowest BCUT2D eigenvalue weighted by atomic mass is 10.2. The van der Waals surface area contributed by atoms with Gasteiger partial charge in [0.2, 0.25) is 5.88 Å². The summed E-state index contributed by atoms with van der Waals surface area (Å²) in [4.78, 5) is 12.4. The van der Waals surface area contributed by atoms with Gasteiger partial charge < -0.3 is 19.2 Å². The Morgan fingerprint density at radius 1 is 1.12 bits per heavy atom. The summed E-state index contributed by atoms with van der Waals surface area (Å²) >= 11 is 0. The number of furan rings is 1. The maximum atomic E-state index is 13.2. The molecule has 166 valence electrons. The molecule has 0 saturated carbocycles. The van der Waals surface area contributed by atoms with E-state index in [1.807, 2.05) is 12.1 Å². The molecule has 3 aromatic heterocycles. The lowest BCUT2D eigenvalue weighted by Crippen LogP contribution is -2.27. The number of halogens is 1. The first-order valence-electron chi connectivity index (χ1n) is 10.1. The Labute approximate surface area is 186 Å². The van der Waals surface area contributed by atoms with E-state index in [2.05, 4.69) is 20.6 Å². The summed E-state index contributed by atoms with van der Waals surface area (Å²) in [6.07, 6.45) is 0. The number of para-hydroxylation sites is 1. The van der Waals surface area contributed by atoms with Crippen molar-refractivity contribution < 1.29 is 23.1 Å². The Morgan fingerprint density at radius 3 is 2.79 bits per heavy atom. The molecule has 0 saturated heterocycles. The molecule has 0 aliphatic carbocycles.